The molecule has 0 fully saturated rings. The number of hydrogen-bond acceptors (Lipinski definition) is 4. The first kappa shape index (κ1) is 11.4. The summed E-state index contributed by atoms with van der Waals surface area (Å²) in [6.45, 7) is -0.182. The lowest BCUT2D eigenvalue weighted by Gasteiger charge is -2.01. The van der Waals surface area contributed by atoms with Gasteiger partial charge in [-0.25, -0.2) is 8.37 Å². The minimum atomic E-state index is -3.87. The number of hydrogen-bond donors (Lipinski definition) is 0. The summed E-state index contributed by atoms with van der Waals surface area (Å²) in [5, 5.41) is 0. The molecule has 0 radical (unpaired) electrons. The number of alkyl halides is 2. The van der Waals surface area contributed by atoms with Gasteiger partial charge in [0.1, 0.15) is 0 Å². The van der Waals surface area contributed by atoms with Crippen LogP contribution in [-0.4, -0.2) is 33.4 Å². The first-order chi connectivity index (χ1) is 5.12. The Morgan fingerprint density at radius 3 is 1.64 bits per heavy atom. The average Bonchev–Trinajstić information content (AvgIpc) is 1.97. The molecule has 0 N–H and O–H groups in total. The van der Waals surface area contributed by atoms with Crippen LogP contribution in [0.1, 0.15) is 0 Å². The van der Waals surface area contributed by atoms with Crippen molar-refractivity contribution in [3.8, 4) is 0 Å². The summed E-state index contributed by atoms with van der Waals surface area (Å²) < 4.78 is 29.7. The molecule has 0 aromatic carbocycles. The molecule has 0 aliphatic carbocycles. The van der Waals surface area contributed by atoms with Gasteiger partial charge in [-0.3, -0.25) is 0 Å². The van der Waals surface area contributed by atoms with E-state index in [4.69, 9.17) is 23.2 Å². The largest absolute Gasteiger partial charge is 0.399 e. The average molecular weight is 223 g/mol. The van der Waals surface area contributed by atoms with E-state index in [-0.39, 0.29) is 25.0 Å². The van der Waals surface area contributed by atoms with Crippen LogP contribution < -0.4 is 0 Å². The quantitative estimate of drug-likeness (QED) is 0.623. The van der Waals surface area contributed by atoms with Gasteiger partial charge in [-0.05, 0) is 0 Å². The van der Waals surface area contributed by atoms with E-state index in [0.717, 1.165) is 0 Å². The summed E-state index contributed by atoms with van der Waals surface area (Å²) in [6.07, 6.45) is 0. The molecule has 0 aromatic rings. The van der Waals surface area contributed by atoms with Gasteiger partial charge >= 0.3 is 10.4 Å². The molecule has 7 heteroatoms. The zero-order valence-corrected chi connectivity index (χ0v) is 7.95. The van der Waals surface area contributed by atoms with Crippen LogP contribution in [0.15, 0.2) is 0 Å². The van der Waals surface area contributed by atoms with Gasteiger partial charge in [0.2, 0.25) is 0 Å². The van der Waals surface area contributed by atoms with Gasteiger partial charge in [-0.1, -0.05) is 0 Å². The number of halogens is 2. The highest BCUT2D eigenvalue weighted by atomic mass is 35.5. The first-order valence-electron chi connectivity index (χ1n) is 2.78. The monoisotopic (exact) mass is 222 g/mol. The lowest BCUT2D eigenvalue weighted by molar-refractivity contribution is 0.232. The Morgan fingerprint density at radius 1 is 1.00 bits per heavy atom. The van der Waals surface area contributed by atoms with Gasteiger partial charge in [0.15, 0.2) is 0 Å². The van der Waals surface area contributed by atoms with Crippen molar-refractivity contribution >= 4 is 33.6 Å². The smallest absolute Gasteiger partial charge is 0.247 e. The normalized spacial score (nSPS) is 11.8. The molecule has 0 unspecified atom stereocenters. The van der Waals surface area contributed by atoms with Gasteiger partial charge in [-0.2, -0.15) is 8.42 Å². The van der Waals surface area contributed by atoms with Crippen LogP contribution in [0.4, 0.5) is 0 Å². The second-order valence-electron chi connectivity index (χ2n) is 1.43. The Morgan fingerprint density at radius 2 is 1.36 bits per heavy atom. The van der Waals surface area contributed by atoms with E-state index in [1.54, 1.807) is 0 Å². The summed E-state index contributed by atoms with van der Waals surface area (Å²) in [5.74, 6) is 0.201. The van der Waals surface area contributed by atoms with Crippen LogP contribution in [0.3, 0.4) is 0 Å². The lowest BCUT2D eigenvalue weighted by atomic mass is 10.9. The van der Waals surface area contributed by atoms with E-state index in [2.05, 4.69) is 8.37 Å². The Labute approximate surface area is 75.7 Å². The van der Waals surface area contributed by atoms with Crippen LogP contribution in [-0.2, 0) is 18.8 Å². The minimum Gasteiger partial charge on any atom is -0.247 e. The summed E-state index contributed by atoms with van der Waals surface area (Å²) >= 11 is 10.3. The van der Waals surface area contributed by atoms with Crippen molar-refractivity contribution in [3.05, 3.63) is 0 Å². The molecule has 11 heavy (non-hydrogen) atoms. The van der Waals surface area contributed by atoms with E-state index in [9.17, 15) is 8.42 Å². The predicted octanol–water partition coefficient (Wildman–Crippen LogP) is 0.742. The van der Waals surface area contributed by atoms with Crippen LogP contribution in [0.2, 0.25) is 0 Å². The van der Waals surface area contributed by atoms with Gasteiger partial charge in [-0.15, -0.1) is 23.2 Å². The fourth-order valence-corrected chi connectivity index (χ4v) is 1.28. The highest BCUT2D eigenvalue weighted by Crippen LogP contribution is 1.96. The van der Waals surface area contributed by atoms with Crippen LogP contribution in [0.25, 0.3) is 0 Å². The Hall–Kier alpha value is 0.450. The van der Waals surface area contributed by atoms with Crippen molar-refractivity contribution in [2.24, 2.45) is 0 Å². The maximum absolute atomic E-state index is 10.6. The van der Waals surface area contributed by atoms with Gasteiger partial charge in [0, 0.05) is 11.8 Å². The molecule has 0 amide bonds. The molecule has 0 saturated carbocycles. The summed E-state index contributed by atoms with van der Waals surface area (Å²) in [6, 6.07) is 0. The van der Waals surface area contributed by atoms with Crippen molar-refractivity contribution in [1.29, 1.82) is 0 Å². The van der Waals surface area contributed by atoms with Crippen molar-refractivity contribution in [2.75, 3.05) is 25.0 Å². The third kappa shape index (κ3) is 6.83. The summed E-state index contributed by atoms with van der Waals surface area (Å²) in [4.78, 5) is 0. The zero-order chi connectivity index (χ0) is 8.74. The second kappa shape index (κ2) is 6.02. The van der Waals surface area contributed by atoms with Gasteiger partial charge in [0.05, 0.1) is 13.2 Å². The predicted molar refractivity (Wildman–Crippen MR) is 42.3 cm³/mol. The molecule has 4 nitrogen and oxygen atoms in total. The van der Waals surface area contributed by atoms with E-state index in [1.807, 2.05) is 0 Å². The fourth-order valence-electron chi connectivity index (χ4n) is 0.301. The van der Waals surface area contributed by atoms with Crippen LogP contribution in [0, 0.1) is 0 Å². The lowest BCUT2D eigenvalue weighted by Crippen LogP contribution is -2.12. The maximum atomic E-state index is 10.6. The van der Waals surface area contributed by atoms with E-state index >= 15 is 0 Å². The zero-order valence-electron chi connectivity index (χ0n) is 5.63. The summed E-state index contributed by atoms with van der Waals surface area (Å²) in [5.41, 5.74) is 0. The molecular weight excluding hydrogens is 215 g/mol. The molecule has 0 aromatic heterocycles. The molecule has 0 aliphatic heterocycles. The highest BCUT2D eigenvalue weighted by Gasteiger charge is 2.09. The highest BCUT2D eigenvalue weighted by molar-refractivity contribution is 7.81. The molecule has 0 aliphatic rings. The topological polar surface area (TPSA) is 52.6 Å². The standard InChI is InChI=1S/C4H8Cl2O4S/c5-1-3-9-11(7,8)10-4-2-6/h1-4H2. The van der Waals surface area contributed by atoms with Crippen LogP contribution in [0.5, 0.6) is 0 Å². The summed E-state index contributed by atoms with van der Waals surface area (Å²) in [7, 11) is -3.87. The third-order valence-corrected chi connectivity index (χ3v) is 1.83. The minimum absolute atomic E-state index is 0.0911. The van der Waals surface area contributed by atoms with E-state index < -0.39 is 10.4 Å². The Bertz CT molecular complexity index is 165. The van der Waals surface area contributed by atoms with Crippen LogP contribution >= 0.6 is 23.2 Å². The fraction of sp³-hybridized carbons (Fsp3) is 1.00. The molecule has 0 spiro atoms. The Kier molecular flexibility index (Phi) is 6.27. The van der Waals surface area contributed by atoms with E-state index in [0.29, 0.717) is 0 Å². The molecule has 68 valence electrons. The van der Waals surface area contributed by atoms with Crippen molar-refractivity contribution < 1.29 is 16.8 Å². The SMILES string of the molecule is O=S(=O)(OCCCl)OCCCl. The molecule has 0 atom stereocenters. The second-order valence-corrected chi connectivity index (χ2v) is 3.47. The van der Waals surface area contributed by atoms with E-state index in [1.165, 1.54) is 0 Å². The third-order valence-electron chi connectivity index (χ3n) is 0.610. The molecule has 0 saturated heterocycles. The number of rotatable bonds is 6. The molecule has 0 bridgehead atoms. The van der Waals surface area contributed by atoms with Crippen molar-refractivity contribution in [3.63, 3.8) is 0 Å². The van der Waals surface area contributed by atoms with Gasteiger partial charge < -0.3 is 0 Å². The van der Waals surface area contributed by atoms with Gasteiger partial charge in [0.25, 0.3) is 0 Å². The van der Waals surface area contributed by atoms with Crippen molar-refractivity contribution in [2.45, 2.75) is 0 Å². The molecule has 0 rings (SSSR count). The molecular formula is C4H8Cl2O4S. The maximum Gasteiger partial charge on any atom is 0.399 e. The first-order valence-corrected chi connectivity index (χ1v) is 5.18. The Balaban J connectivity index is 3.63. The molecule has 0 heterocycles. The van der Waals surface area contributed by atoms with Crippen molar-refractivity contribution in [1.82, 2.24) is 0 Å².